The molecular weight excluding hydrogens is 520 g/mol. The van der Waals surface area contributed by atoms with Gasteiger partial charge in [-0.1, -0.05) is 48.5 Å². The molecule has 0 saturated heterocycles. The molecule has 0 radical (unpaired) electrons. The zero-order valence-electron chi connectivity index (χ0n) is 18.1. The first-order chi connectivity index (χ1) is 16.4. The minimum Gasteiger partial charge on any atom is -0.481 e. The molecule has 1 atom stereocenters. The number of fused-ring (bicyclic) bond motifs is 3. The largest absolute Gasteiger partial charge is 0.481 e. The monoisotopic (exact) mass is 542 g/mol. The average molecular weight is 543 g/mol. The van der Waals surface area contributed by atoms with Gasteiger partial charge in [-0.15, -0.1) is 11.3 Å². The van der Waals surface area contributed by atoms with Crippen LogP contribution >= 0.6 is 27.3 Å². The van der Waals surface area contributed by atoms with Gasteiger partial charge >= 0.3 is 12.1 Å². The predicted molar refractivity (Wildman–Crippen MR) is 133 cm³/mol. The van der Waals surface area contributed by atoms with Crippen LogP contribution in [0.1, 0.15) is 34.8 Å². The van der Waals surface area contributed by atoms with Crippen molar-refractivity contribution in [2.75, 3.05) is 6.61 Å². The van der Waals surface area contributed by atoms with Gasteiger partial charge in [-0.3, -0.25) is 9.59 Å². The van der Waals surface area contributed by atoms with Crippen molar-refractivity contribution in [3.8, 4) is 11.1 Å². The van der Waals surface area contributed by atoms with Crippen LogP contribution in [-0.2, 0) is 20.9 Å². The van der Waals surface area contributed by atoms with Gasteiger partial charge in [0.2, 0.25) is 5.91 Å². The first-order valence-electron chi connectivity index (χ1n) is 10.8. The number of thiophene rings is 1. The number of alkyl carbamates (subject to hydrolysis) is 1. The number of carbonyl (C=O) groups excluding carboxylic acids is 2. The summed E-state index contributed by atoms with van der Waals surface area (Å²) < 4.78 is 6.45. The van der Waals surface area contributed by atoms with Crippen molar-refractivity contribution in [3.63, 3.8) is 0 Å². The molecular formula is C25H23BrN2O5S. The van der Waals surface area contributed by atoms with Gasteiger partial charge in [-0.2, -0.15) is 0 Å². The summed E-state index contributed by atoms with van der Waals surface area (Å²) in [6, 6.07) is 18.7. The fourth-order valence-corrected chi connectivity index (χ4v) is 5.49. The number of halogens is 1. The molecule has 0 spiro atoms. The summed E-state index contributed by atoms with van der Waals surface area (Å²) in [7, 11) is 0. The lowest BCUT2D eigenvalue weighted by atomic mass is 9.98. The lowest BCUT2D eigenvalue weighted by Gasteiger charge is -2.19. The van der Waals surface area contributed by atoms with Crippen molar-refractivity contribution in [2.24, 2.45) is 0 Å². The molecule has 0 aliphatic heterocycles. The van der Waals surface area contributed by atoms with Crippen LogP contribution in [0.15, 0.2) is 64.5 Å². The molecule has 7 nitrogen and oxygen atoms in total. The van der Waals surface area contributed by atoms with Gasteiger partial charge in [0.05, 0.1) is 10.3 Å². The van der Waals surface area contributed by atoms with Crippen LogP contribution in [0.2, 0.25) is 0 Å². The Hall–Kier alpha value is -3.17. The van der Waals surface area contributed by atoms with E-state index in [9.17, 15) is 14.4 Å². The average Bonchev–Trinajstić information content (AvgIpc) is 3.39. The van der Waals surface area contributed by atoms with E-state index in [0.717, 1.165) is 30.9 Å². The van der Waals surface area contributed by atoms with E-state index >= 15 is 0 Å². The van der Waals surface area contributed by atoms with Crippen molar-refractivity contribution in [2.45, 2.75) is 31.3 Å². The molecule has 2 aromatic carbocycles. The van der Waals surface area contributed by atoms with Crippen molar-refractivity contribution < 1.29 is 24.2 Å². The molecule has 1 aliphatic rings. The quantitative estimate of drug-likeness (QED) is 0.356. The highest BCUT2D eigenvalue weighted by molar-refractivity contribution is 9.11. The molecule has 1 aliphatic carbocycles. The van der Waals surface area contributed by atoms with Crippen LogP contribution in [-0.4, -0.2) is 35.7 Å². The van der Waals surface area contributed by atoms with Crippen LogP contribution < -0.4 is 10.6 Å². The number of aliphatic carboxylic acids is 1. The molecule has 0 fully saturated rings. The van der Waals surface area contributed by atoms with Crippen LogP contribution in [0.3, 0.4) is 0 Å². The third-order valence-electron chi connectivity index (χ3n) is 5.66. The first kappa shape index (κ1) is 24.0. The lowest BCUT2D eigenvalue weighted by Crippen LogP contribution is -2.47. The maximum absolute atomic E-state index is 12.7. The Morgan fingerprint density at radius 1 is 1.00 bits per heavy atom. The molecule has 2 amide bonds. The molecule has 1 aromatic heterocycles. The molecule has 0 saturated carbocycles. The normalized spacial score (nSPS) is 13.0. The highest BCUT2D eigenvalue weighted by atomic mass is 79.9. The van der Waals surface area contributed by atoms with E-state index < -0.39 is 24.0 Å². The van der Waals surface area contributed by atoms with E-state index in [1.807, 2.05) is 60.7 Å². The lowest BCUT2D eigenvalue weighted by molar-refractivity contribution is -0.137. The van der Waals surface area contributed by atoms with Crippen LogP contribution in [0.25, 0.3) is 11.1 Å². The van der Waals surface area contributed by atoms with Gasteiger partial charge < -0.3 is 20.5 Å². The number of ether oxygens (including phenoxy) is 1. The van der Waals surface area contributed by atoms with Gasteiger partial charge in [0.25, 0.3) is 0 Å². The first-order valence-corrected chi connectivity index (χ1v) is 12.4. The number of hydrogen-bond acceptors (Lipinski definition) is 5. The Morgan fingerprint density at radius 3 is 2.24 bits per heavy atom. The van der Waals surface area contributed by atoms with E-state index in [-0.39, 0.29) is 31.9 Å². The van der Waals surface area contributed by atoms with Gasteiger partial charge in [0.1, 0.15) is 12.6 Å². The minimum absolute atomic E-state index is 0.0422. The zero-order chi connectivity index (χ0) is 24.1. The number of rotatable bonds is 9. The Morgan fingerprint density at radius 2 is 1.65 bits per heavy atom. The van der Waals surface area contributed by atoms with Crippen molar-refractivity contribution in [3.05, 3.63) is 80.5 Å². The number of carboxylic acids is 1. The van der Waals surface area contributed by atoms with Crippen molar-refractivity contribution in [1.29, 1.82) is 0 Å². The summed E-state index contributed by atoms with van der Waals surface area (Å²) in [6.07, 6.45) is -1.06. The standard InChI is InChI=1S/C25H23BrN2O5S/c26-22-11-9-15(34-22)13-27-24(31)21(10-12-23(29)30)28-25(32)33-14-20-18-7-3-1-5-16(18)17-6-2-4-8-19(17)20/h1-9,11,20-21H,10,12-14H2,(H,27,31)(H,28,32)(H,29,30). The van der Waals surface area contributed by atoms with Gasteiger partial charge in [0, 0.05) is 17.2 Å². The highest BCUT2D eigenvalue weighted by Crippen LogP contribution is 2.44. The summed E-state index contributed by atoms with van der Waals surface area (Å²) in [6.45, 7) is 0.390. The summed E-state index contributed by atoms with van der Waals surface area (Å²) in [5.41, 5.74) is 4.40. The molecule has 1 heterocycles. The molecule has 4 rings (SSSR count). The van der Waals surface area contributed by atoms with Gasteiger partial charge in [0.15, 0.2) is 0 Å². The van der Waals surface area contributed by atoms with Crippen LogP contribution in [0.5, 0.6) is 0 Å². The minimum atomic E-state index is -1.05. The maximum atomic E-state index is 12.7. The predicted octanol–water partition coefficient (Wildman–Crippen LogP) is 4.90. The smallest absolute Gasteiger partial charge is 0.407 e. The topological polar surface area (TPSA) is 105 Å². The van der Waals surface area contributed by atoms with E-state index in [1.165, 1.54) is 11.3 Å². The molecule has 1 unspecified atom stereocenters. The van der Waals surface area contributed by atoms with E-state index in [0.29, 0.717) is 0 Å². The molecule has 176 valence electrons. The number of benzene rings is 2. The van der Waals surface area contributed by atoms with Gasteiger partial charge in [-0.05, 0) is 56.7 Å². The number of hydrogen-bond donors (Lipinski definition) is 3. The fourth-order valence-electron chi connectivity index (χ4n) is 4.06. The second-order valence-corrected chi connectivity index (χ2v) is 10.4. The summed E-state index contributed by atoms with van der Waals surface area (Å²) >= 11 is 4.85. The van der Waals surface area contributed by atoms with Gasteiger partial charge in [-0.25, -0.2) is 4.79 Å². The second kappa shape index (κ2) is 10.8. The molecule has 34 heavy (non-hydrogen) atoms. The van der Waals surface area contributed by atoms with Crippen LogP contribution in [0, 0.1) is 0 Å². The third-order valence-corrected chi connectivity index (χ3v) is 7.29. The Balaban J connectivity index is 1.38. The number of carbonyl (C=O) groups is 3. The maximum Gasteiger partial charge on any atom is 0.407 e. The van der Waals surface area contributed by atoms with E-state index in [1.54, 1.807) is 0 Å². The Labute approximate surface area is 209 Å². The van der Waals surface area contributed by atoms with E-state index in [2.05, 4.69) is 26.6 Å². The molecule has 9 heteroatoms. The second-order valence-electron chi connectivity index (χ2n) is 7.88. The Bertz CT molecular complexity index is 1170. The SMILES string of the molecule is O=C(O)CCC(NC(=O)OCC1c2ccccc2-c2ccccc21)C(=O)NCc1ccc(Br)s1. The number of carboxylic acid groups (broad SMARTS) is 1. The van der Waals surface area contributed by atoms with Crippen LogP contribution in [0.4, 0.5) is 4.79 Å². The molecule has 3 N–H and O–H groups in total. The molecule has 0 bridgehead atoms. The summed E-state index contributed by atoms with van der Waals surface area (Å²) in [4.78, 5) is 37.3. The summed E-state index contributed by atoms with van der Waals surface area (Å²) in [5.74, 6) is -1.62. The fraction of sp³-hybridized carbons (Fsp3) is 0.240. The summed E-state index contributed by atoms with van der Waals surface area (Å²) in [5, 5.41) is 14.3. The van der Waals surface area contributed by atoms with Crippen molar-refractivity contribution >= 4 is 45.2 Å². The van der Waals surface area contributed by atoms with Crippen molar-refractivity contribution in [1.82, 2.24) is 10.6 Å². The highest BCUT2D eigenvalue weighted by Gasteiger charge is 2.30. The number of nitrogens with one attached hydrogen (secondary N) is 2. The zero-order valence-corrected chi connectivity index (χ0v) is 20.5. The van der Waals surface area contributed by atoms with E-state index in [4.69, 9.17) is 9.84 Å². The third kappa shape index (κ3) is 5.66. The number of amides is 2. The Kier molecular flexibility index (Phi) is 7.64. The molecule has 3 aromatic rings.